The van der Waals surface area contributed by atoms with Gasteiger partial charge in [-0.15, -0.1) is 0 Å². The summed E-state index contributed by atoms with van der Waals surface area (Å²) in [5.74, 6) is -1.64. The zero-order valence-corrected chi connectivity index (χ0v) is 15.0. The van der Waals surface area contributed by atoms with E-state index in [1.807, 2.05) is 0 Å². The van der Waals surface area contributed by atoms with Crippen molar-refractivity contribution in [1.82, 2.24) is 0 Å². The minimum Gasteiger partial charge on any atom is -0.481 e. The summed E-state index contributed by atoms with van der Waals surface area (Å²) in [5.41, 5.74) is 0. The molecule has 3 N–H and O–H groups in total. The van der Waals surface area contributed by atoms with E-state index in [0.717, 1.165) is 19.4 Å². The average Bonchev–Trinajstić information content (AvgIpc) is 2.50. The summed E-state index contributed by atoms with van der Waals surface area (Å²) in [6.45, 7) is 4.86. The van der Waals surface area contributed by atoms with Crippen LogP contribution in [0.4, 0.5) is 0 Å². The lowest BCUT2D eigenvalue weighted by Crippen LogP contribution is -2.52. The van der Waals surface area contributed by atoms with Crippen molar-refractivity contribution in [3.63, 3.8) is 0 Å². The highest BCUT2D eigenvalue weighted by Gasteiger charge is 2.26. The van der Waals surface area contributed by atoms with Crippen LogP contribution in [0.2, 0.25) is 0 Å². The largest absolute Gasteiger partial charge is 0.481 e. The number of aliphatic hydroxyl groups is 1. The fourth-order valence-corrected chi connectivity index (χ4v) is 2.92. The van der Waals surface area contributed by atoms with E-state index in [1.165, 1.54) is 12.8 Å². The number of rotatable bonds is 16. The molecular formula is C18H34NO5+. The fourth-order valence-electron chi connectivity index (χ4n) is 2.92. The first-order valence-electron chi connectivity index (χ1n) is 9.00. The molecular weight excluding hydrogens is 310 g/mol. The molecule has 0 aromatic carbocycles. The van der Waals surface area contributed by atoms with Crippen molar-refractivity contribution in [1.29, 1.82) is 0 Å². The number of carboxylic acids is 2. The van der Waals surface area contributed by atoms with Gasteiger partial charge in [0.25, 0.3) is 0 Å². The molecule has 0 atom stereocenters. The molecule has 0 fully saturated rings. The molecule has 0 unspecified atom stereocenters. The Morgan fingerprint density at radius 1 is 0.833 bits per heavy atom. The number of nitrogens with zero attached hydrogens (tertiary/aromatic N) is 1. The standard InChI is InChI=1S/C18H33NO5/c1-2-3-4-5-6-7-12-19(15-16-20,13-8-10-17(21)22)14-9-11-18(23)24/h5-6,20H,2-4,7-16H2,1H3,(H-,21,22,23,24)/p+1/b6-5+. The van der Waals surface area contributed by atoms with Gasteiger partial charge in [-0.2, -0.15) is 0 Å². The van der Waals surface area contributed by atoms with Gasteiger partial charge in [0.15, 0.2) is 0 Å². The van der Waals surface area contributed by atoms with Crippen molar-refractivity contribution < 1.29 is 29.4 Å². The molecule has 0 aliphatic heterocycles. The van der Waals surface area contributed by atoms with E-state index in [-0.39, 0.29) is 19.4 Å². The van der Waals surface area contributed by atoms with Gasteiger partial charge < -0.3 is 19.8 Å². The molecule has 6 nitrogen and oxygen atoms in total. The van der Waals surface area contributed by atoms with E-state index >= 15 is 0 Å². The van der Waals surface area contributed by atoms with Crippen molar-refractivity contribution in [2.45, 2.75) is 58.3 Å². The highest BCUT2D eigenvalue weighted by Crippen LogP contribution is 2.14. The third kappa shape index (κ3) is 12.1. The molecule has 0 radical (unpaired) electrons. The summed E-state index contributed by atoms with van der Waals surface area (Å²) in [7, 11) is 0. The smallest absolute Gasteiger partial charge is 0.303 e. The molecule has 140 valence electrons. The topological polar surface area (TPSA) is 94.8 Å². The van der Waals surface area contributed by atoms with Crippen LogP contribution < -0.4 is 0 Å². The van der Waals surface area contributed by atoms with Crippen LogP contribution in [0.1, 0.15) is 58.3 Å². The lowest BCUT2D eigenvalue weighted by Gasteiger charge is -2.38. The second-order valence-electron chi connectivity index (χ2n) is 6.36. The highest BCUT2D eigenvalue weighted by molar-refractivity contribution is 5.66. The van der Waals surface area contributed by atoms with Gasteiger partial charge in [-0.1, -0.05) is 31.9 Å². The molecule has 0 aromatic heterocycles. The van der Waals surface area contributed by atoms with Crippen LogP contribution in [0.25, 0.3) is 0 Å². The number of carboxylic acid groups (broad SMARTS) is 2. The first-order chi connectivity index (χ1) is 11.5. The minimum atomic E-state index is -0.818. The number of carbonyl (C=O) groups is 2. The van der Waals surface area contributed by atoms with Crippen LogP contribution in [0.15, 0.2) is 12.2 Å². The predicted molar refractivity (Wildman–Crippen MR) is 93.8 cm³/mol. The van der Waals surface area contributed by atoms with E-state index < -0.39 is 11.9 Å². The summed E-state index contributed by atoms with van der Waals surface area (Å²) in [6.07, 6.45) is 9.89. The van der Waals surface area contributed by atoms with Gasteiger partial charge >= 0.3 is 11.9 Å². The molecule has 0 saturated carbocycles. The van der Waals surface area contributed by atoms with Crippen LogP contribution in [0.3, 0.4) is 0 Å². The number of hydrogen-bond acceptors (Lipinski definition) is 3. The van der Waals surface area contributed by atoms with Crippen molar-refractivity contribution in [3.05, 3.63) is 12.2 Å². The summed E-state index contributed by atoms with van der Waals surface area (Å²) in [4.78, 5) is 21.5. The highest BCUT2D eigenvalue weighted by atomic mass is 16.4. The maximum absolute atomic E-state index is 10.8. The molecule has 0 saturated heterocycles. The average molecular weight is 344 g/mol. The Morgan fingerprint density at radius 2 is 1.38 bits per heavy atom. The van der Waals surface area contributed by atoms with E-state index in [1.54, 1.807) is 0 Å². The zero-order valence-electron chi connectivity index (χ0n) is 15.0. The Labute approximate surface area is 145 Å². The first-order valence-corrected chi connectivity index (χ1v) is 9.00. The number of unbranched alkanes of at least 4 members (excludes halogenated alkanes) is 2. The summed E-state index contributed by atoms with van der Waals surface area (Å²) in [5, 5.41) is 27.1. The van der Waals surface area contributed by atoms with Gasteiger partial charge in [-0.3, -0.25) is 9.59 Å². The third-order valence-corrected chi connectivity index (χ3v) is 4.28. The molecule has 0 aromatic rings. The quantitative estimate of drug-likeness (QED) is 0.227. The Kier molecular flexibility index (Phi) is 13.2. The number of quaternary nitrogens is 1. The SMILES string of the molecule is CCCC/C=C/CC[N+](CCO)(CCCC(=O)O)CCCC(=O)O. The normalized spacial score (nSPS) is 11.9. The van der Waals surface area contributed by atoms with Crippen LogP contribution in [-0.4, -0.2) is 64.5 Å². The molecule has 0 aliphatic rings. The fraction of sp³-hybridized carbons (Fsp3) is 0.778. The number of aliphatic carboxylic acids is 2. The van der Waals surface area contributed by atoms with Crippen molar-refractivity contribution in [2.75, 3.05) is 32.8 Å². The molecule has 0 spiro atoms. The molecule has 0 aliphatic carbocycles. The van der Waals surface area contributed by atoms with E-state index in [0.29, 0.717) is 37.0 Å². The lowest BCUT2D eigenvalue weighted by molar-refractivity contribution is -0.928. The van der Waals surface area contributed by atoms with Crippen LogP contribution in [0.5, 0.6) is 0 Å². The van der Waals surface area contributed by atoms with Gasteiger partial charge in [0.05, 0.1) is 39.1 Å². The van der Waals surface area contributed by atoms with E-state index in [9.17, 15) is 14.7 Å². The maximum atomic E-state index is 10.8. The molecule has 0 bridgehead atoms. The Bertz CT molecular complexity index is 362. The second-order valence-corrected chi connectivity index (χ2v) is 6.36. The van der Waals surface area contributed by atoms with E-state index in [4.69, 9.17) is 10.2 Å². The van der Waals surface area contributed by atoms with Gasteiger partial charge in [0.2, 0.25) is 0 Å². The number of allylic oxidation sites excluding steroid dienone is 1. The Morgan fingerprint density at radius 3 is 1.83 bits per heavy atom. The molecule has 0 amide bonds. The van der Waals surface area contributed by atoms with Crippen molar-refractivity contribution in [2.24, 2.45) is 0 Å². The monoisotopic (exact) mass is 344 g/mol. The van der Waals surface area contributed by atoms with Gasteiger partial charge in [0, 0.05) is 19.3 Å². The van der Waals surface area contributed by atoms with Gasteiger partial charge in [0.1, 0.15) is 6.54 Å². The summed E-state index contributed by atoms with van der Waals surface area (Å²) in [6, 6.07) is 0. The summed E-state index contributed by atoms with van der Waals surface area (Å²) >= 11 is 0. The molecule has 0 rings (SSSR count). The molecule has 24 heavy (non-hydrogen) atoms. The minimum absolute atomic E-state index is 0.0275. The van der Waals surface area contributed by atoms with Gasteiger partial charge in [-0.25, -0.2) is 0 Å². The Hall–Kier alpha value is -1.40. The van der Waals surface area contributed by atoms with Crippen LogP contribution >= 0.6 is 0 Å². The summed E-state index contributed by atoms with van der Waals surface area (Å²) < 4.78 is 0.592. The van der Waals surface area contributed by atoms with E-state index in [2.05, 4.69) is 19.1 Å². The first kappa shape index (κ1) is 22.6. The third-order valence-electron chi connectivity index (χ3n) is 4.28. The Balaban J connectivity index is 4.66. The van der Waals surface area contributed by atoms with Gasteiger partial charge in [-0.05, 0) is 6.42 Å². The van der Waals surface area contributed by atoms with Crippen molar-refractivity contribution in [3.8, 4) is 0 Å². The number of aliphatic hydroxyl groups excluding tert-OH is 1. The predicted octanol–water partition coefficient (Wildman–Crippen LogP) is 2.66. The maximum Gasteiger partial charge on any atom is 0.303 e. The van der Waals surface area contributed by atoms with Crippen molar-refractivity contribution >= 4 is 11.9 Å². The molecule has 6 heteroatoms. The zero-order chi connectivity index (χ0) is 18.3. The lowest BCUT2D eigenvalue weighted by atomic mass is 10.1. The number of hydrogen-bond donors (Lipinski definition) is 3. The second kappa shape index (κ2) is 14.0. The molecule has 0 heterocycles. The van der Waals surface area contributed by atoms with Crippen LogP contribution in [0, 0.1) is 0 Å². The van der Waals surface area contributed by atoms with Crippen LogP contribution in [-0.2, 0) is 9.59 Å².